The molecule has 4 rings (SSSR count). The number of rotatable bonds is 6. The van der Waals surface area contributed by atoms with Gasteiger partial charge in [0.1, 0.15) is 18.1 Å². The summed E-state index contributed by atoms with van der Waals surface area (Å²) in [5, 5.41) is 4.27. The van der Waals surface area contributed by atoms with Gasteiger partial charge in [0.05, 0.1) is 4.53 Å². The summed E-state index contributed by atoms with van der Waals surface area (Å²) in [5.74, 6) is 0.722. The molecule has 0 N–H and O–H groups in total. The highest BCUT2D eigenvalue weighted by Gasteiger charge is 2.11. The smallest absolute Gasteiger partial charge is 0.296 e. The summed E-state index contributed by atoms with van der Waals surface area (Å²) in [5.41, 5.74) is 1.32. The number of nitrogens with zero attached hydrogens (tertiary/aromatic N) is 3. The molecule has 2 aromatic heterocycles. The lowest BCUT2D eigenvalue weighted by atomic mass is 10.1. The fourth-order valence-electron chi connectivity index (χ4n) is 2.81. The zero-order valence-corrected chi connectivity index (χ0v) is 16.3. The molecule has 0 aliphatic heterocycles. The predicted octanol–water partition coefficient (Wildman–Crippen LogP) is 2.21. The van der Waals surface area contributed by atoms with E-state index >= 15 is 0 Å². The van der Waals surface area contributed by atoms with Crippen molar-refractivity contribution < 1.29 is 4.74 Å². The SMILES string of the molecule is C=CCOc1ccc(/C=c2\sc3nc(=O)c(Cc4ccccc4)nn3c2=O)cc1. The summed E-state index contributed by atoms with van der Waals surface area (Å²) in [7, 11) is 0. The minimum atomic E-state index is -0.412. The van der Waals surface area contributed by atoms with Crippen molar-refractivity contribution in [1.29, 1.82) is 0 Å². The molecule has 7 heteroatoms. The second kappa shape index (κ2) is 8.20. The van der Waals surface area contributed by atoms with Crippen molar-refractivity contribution >= 4 is 22.4 Å². The van der Waals surface area contributed by atoms with Crippen molar-refractivity contribution in [3.63, 3.8) is 0 Å². The van der Waals surface area contributed by atoms with Gasteiger partial charge in [-0.1, -0.05) is 66.5 Å². The van der Waals surface area contributed by atoms with Gasteiger partial charge in [-0.25, -0.2) is 0 Å². The lowest BCUT2D eigenvalue weighted by Crippen LogP contribution is -2.28. The first kappa shape index (κ1) is 18.8. The molecule has 0 aliphatic carbocycles. The van der Waals surface area contributed by atoms with Crippen molar-refractivity contribution in [3.05, 3.63) is 109 Å². The maximum absolute atomic E-state index is 12.8. The second-order valence-electron chi connectivity index (χ2n) is 6.30. The monoisotopic (exact) mass is 403 g/mol. The molecule has 144 valence electrons. The third-order valence-electron chi connectivity index (χ3n) is 4.21. The lowest BCUT2D eigenvalue weighted by molar-refractivity contribution is 0.363. The Labute approximate surface area is 170 Å². The zero-order chi connectivity index (χ0) is 20.2. The third kappa shape index (κ3) is 4.14. The van der Waals surface area contributed by atoms with E-state index in [-0.39, 0.29) is 16.2 Å². The van der Waals surface area contributed by atoms with Crippen LogP contribution in [0.5, 0.6) is 5.75 Å². The molecule has 0 bridgehead atoms. The Morgan fingerprint density at radius 2 is 1.83 bits per heavy atom. The normalized spacial score (nSPS) is 11.7. The Balaban J connectivity index is 1.70. The number of ether oxygens (including phenoxy) is 1. The van der Waals surface area contributed by atoms with E-state index in [1.54, 1.807) is 12.2 Å². The molecule has 0 saturated heterocycles. The van der Waals surface area contributed by atoms with Gasteiger partial charge in [0.25, 0.3) is 11.1 Å². The zero-order valence-electron chi connectivity index (χ0n) is 15.4. The van der Waals surface area contributed by atoms with Crippen molar-refractivity contribution in [3.8, 4) is 5.75 Å². The van der Waals surface area contributed by atoms with Gasteiger partial charge in [-0.3, -0.25) is 9.59 Å². The molecule has 0 saturated carbocycles. The quantitative estimate of drug-likeness (QED) is 0.462. The predicted molar refractivity (Wildman–Crippen MR) is 114 cm³/mol. The van der Waals surface area contributed by atoms with E-state index < -0.39 is 5.56 Å². The summed E-state index contributed by atoms with van der Waals surface area (Å²) >= 11 is 1.14. The van der Waals surface area contributed by atoms with Gasteiger partial charge in [0.2, 0.25) is 4.96 Å². The van der Waals surface area contributed by atoms with Crippen LogP contribution < -0.4 is 20.4 Å². The van der Waals surface area contributed by atoms with E-state index in [0.29, 0.717) is 17.6 Å². The molecule has 0 spiro atoms. The van der Waals surface area contributed by atoms with Crippen LogP contribution in [0.2, 0.25) is 0 Å². The van der Waals surface area contributed by atoms with Crippen molar-refractivity contribution in [1.82, 2.24) is 14.6 Å². The Bertz CT molecular complexity index is 1330. The number of thiazole rings is 1. The number of benzene rings is 2. The van der Waals surface area contributed by atoms with Gasteiger partial charge in [-0.2, -0.15) is 14.6 Å². The third-order valence-corrected chi connectivity index (χ3v) is 5.17. The highest BCUT2D eigenvalue weighted by atomic mass is 32.1. The molecule has 0 unspecified atom stereocenters. The van der Waals surface area contributed by atoms with Crippen LogP contribution in [0.25, 0.3) is 11.0 Å². The van der Waals surface area contributed by atoms with Gasteiger partial charge in [-0.05, 0) is 29.3 Å². The van der Waals surface area contributed by atoms with Crippen LogP contribution >= 0.6 is 11.3 Å². The van der Waals surface area contributed by atoms with E-state index in [1.165, 1.54) is 4.52 Å². The van der Waals surface area contributed by atoms with Crippen LogP contribution in [-0.4, -0.2) is 21.2 Å². The number of hydrogen-bond donors (Lipinski definition) is 0. The Kier molecular flexibility index (Phi) is 5.31. The van der Waals surface area contributed by atoms with Crippen LogP contribution in [0.15, 0.2) is 76.8 Å². The summed E-state index contributed by atoms with van der Waals surface area (Å²) in [6.45, 7) is 4.05. The van der Waals surface area contributed by atoms with Gasteiger partial charge in [0, 0.05) is 6.42 Å². The highest BCUT2D eigenvalue weighted by Crippen LogP contribution is 2.13. The van der Waals surface area contributed by atoms with E-state index in [1.807, 2.05) is 54.6 Å². The Hall–Kier alpha value is -3.58. The van der Waals surface area contributed by atoms with Gasteiger partial charge < -0.3 is 4.74 Å². The fourth-order valence-corrected chi connectivity index (χ4v) is 3.71. The minimum Gasteiger partial charge on any atom is -0.490 e. The molecule has 6 nitrogen and oxygen atoms in total. The van der Waals surface area contributed by atoms with Gasteiger partial charge in [-0.15, -0.1) is 0 Å². The molecule has 0 atom stereocenters. The first-order valence-electron chi connectivity index (χ1n) is 8.96. The lowest BCUT2D eigenvalue weighted by Gasteiger charge is -2.02. The molecule has 0 fully saturated rings. The van der Waals surface area contributed by atoms with Crippen LogP contribution in [0.3, 0.4) is 0 Å². The summed E-state index contributed by atoms with van der Waals surface area (Å²) in [6.07, 6.45) is 3.76. The molecule has 29 heavy (non-hydrogen) atoms. The first-order valence-corrected chi connectivity index (χ1v) is 9.78. The number of fused-ring (bicyclic) bond motifs is 1. The summed E-state index contributed by atoms with van der Waals surface area (Å²) in [4.78, 5) is 29.4. The van der Waals surface area contributed by atoms with E-state index in [9.17, 15) is 9.59 Å². The van der Waals surface area contributed by atoms with Gasteiger partial charge in [0.15, 0.2) is 0 Å². The molecule has 0 radical (unpaired) electrons. The topological polar surface area (TPSA) is 73.6 Å². The van der Waals surface area contributed by atoms with Crippen molar-refractivity contribution in [2.24, 2.45) is 0 Å². The second-order valence-corrected chi connectivity index (χ2v) is 7.31. The van der Waals surface area contributed by atoms with Crippen molar-refractivity contribution in [2.45, 2.75) is 6.42 Å². The largest absolute Gasteiger partial charge is 0.490 e. The highest BCUT2D eigenvalue weighted by molar-refractivity contribution is 7.15. The Morgan fingerprint density at radius 1 is 1.07 bits per heavy atom. The number of hydrogen-bond acceptors (Lipinski definition) is 6. The van der Waals surface area contributed by atoms with Crippen LogP contribution in [0.1, 0.15) is 16.8 Å². The maximum atomic E-state index is 12.8. The summed E-state index contributed by atoms with van der Waals surface area (Å²) in [6, 6.07) is 16.9. The van der Waals surface area contributed by atoms with E-state index in [4.69, 9.17) is 4.74 Å². The molecule has 0 amide bonds. The number of aromatic nitrogens is 3. The molecule has 0 aliphatic rings. The minimum absolute atomic E-state index is 0.249. The standard InChI is InChI=1S/C22H17N3O3S/c1-2-12-28-17-10-8-16(9-11-17)14-19-21(27)25-22(29-19)23-20(26)18(24-25)13-15-6-4-3-5-7-15/h2-11,14H,1,12-13H2/b19-14-. The summed E-state index contributed by atoms with van der Waals surface area (Å²) < 4.78 is 7.12. The average molecular weight is 403 g/mol. The van der Waals surface area contributed by atoms with Gasteiger partial charge >= 0.3 is 0 Å². The Morgan fingerprint density at radius 3 is 2.55 bits per heavy atom. The average Bonchev–Trinajstić information content (AvgIpc) is 3.03. The fraction of sp³-hybridized carbons (Fsp3) is 0.0909. The molecule has 4 aromatic rings. The molecule has 2 heterocycles. The van der Waals surface area contributed by atoms with Crippen LogP contribution in [-0.2, 0) is 6.42 Å². The molecular weight excluding hydrogens is 386 g/mol. The van der Waals surface area contributed by atoms with Crippen molar-refractivity contribution in [2.75, 3.05) is 6.61 Å². The molecular formula is C22H17N3O3S. The van der Waals surface area contributed by atoms with E-state index in [0.717, 1.165) is 28.2 Å². The van der Waals surface area contributed by atoms with E-state index in [2.05, 4.69) is 16.7 Å². The van der Waals surface area contributed by atoms with Crippen LogP contribution in [0.4, 0.5) is 0 Å². The molecule has 2 aromatic carbocycles. The first-order chi connectivity index (χ1) is 14.1. The maximum Gasteiger partial charge on any atom is 0.296 e. The van der Waals surface area contributed by atoms with Crippen LogP contribution in [0, 0.1) is 0 Å².